The summed E-state index contributed by atoms with van der Waals surface area (Å²) in [4.78, 5) is 11.6. The number of hydrogen-bond donors (Lipinski definition) is 1. The van der Waals surface area contributed by atoms with Crippen LogP contribution < -0.4 is 0 Å². The Balaban J connectivity index is 2.34. The van der Waals surface area contributed by atoms with Gasteiger partial charge in [-0.05, 0) is 30.9 Å². The summed E-state index contributed by atoms with van der Waals surface area (Å²) < 4.78 is 27.1. The molecule has 0 aliphatic carbocycles. The molecule has 2 heterocycles. The number of carboxylic acid groups (broad SMARTS) is 1. The smallest absolute Gasteiger partial charge is 0.311 e. The fourth-order valence-electron chi connectivity index (χ4n) is 2.58. The van der Waals surface area contributed by atoms with Crippen LogP contribution in [0.3, 0.4) is 0 Å². The standard InChI is InChI=1S/C13H18ClNO4S2/c1-8(2)13(12(16)17)4-5-15(7-13)21(18,19)10-6-9(3)11(14)20-10/h6,8H,4-5,7H2,1-3H3,(H,16,17). The van der Waals surface area contributed by atoms with Gasteiger partial charge in [0, 0.05) is 13.1 Å². The van der Waals surface area contributed by atoms with Crippen molar-refractivity contribution in [2.45, 2.75) is 31.4 Å². The maximum atomic E-state index is 12.6. The van der Waals surface area contributed by atoms with Gasteiger partial charge in [-0.2, -0.15) is 4.31 Å². The first-order valence-electron chi connectivity index (χ1n) is 6.61. The van der Waals surface area contributed by atoms with Gasteiger partial charge >= 0.3 is 5.97 Å². The Morgan fingerprint density at radius 2 is 2.14 bits per heavy atom. The lowest BCUT2D eigenvalue weighted by atomic mass is 9.77. The van der Waals surface area contributed by atoms with Gasteiger partial charge in [0.1, 0.15) is 4.21 Å². The van der Waals surface area contributed by atoms with E-state index >= 15 is 0 Å². The Labute approximate surface area is 133 Å². The Hall–Kier alpha value is -0.630. The lowest BCUT2D eigenvalue weighted by Gasteiger charge is -2.28. The van der Waals surface area contributed by atoms with Crippen molar-refractivity contribution in [2.24, 2.45) is 11.3 Å². The van der Waals surface area contributed by atoms with E-state index in [4.69, 9.17) is 11.6 Å². The molecule has 0 radical (unpaired) electrons. The van der Waals surface area contributed by atoms with Crippen molar-refractivity contribution in [1.82, 2.24) is 4.31 Å². The minimum Gasteiger partial charge on any atom is -0.481 e. The van der Waals surface area contributed by atoms with Crippen LogP contribution in [-0.2, 0) is 14.8 Å². The van der Waals surface area contributed by atoms with Gasteiger partial charge in [-0.25, -0.2) is 8.42 Å². The van der Waals surface area contributed by atoms with Crippen LogP contribution in [0.2, 0.25) is 4.34 Å². The minimum absolute atomic E-state index is 0.0108. The van der Waals surface area contributed by atoms with Crippen molar-refractivity contribution < 1.29 is 18.3 Å². The van der Waals surface area contributed by atoms with Gasteiger partial charge in [0.05, 0.1) is 9.75 Å². The lowest BCUT2D eigenvalue weighted by molar-refractivity contribution is -0.150. The van der Waals surface area contributed by atoms with Gasteiger partial charge in [-0.1, -0.05) is 25.4 Å². The fourth-order valence-corrected chi connectivity index (χ4v) is 5.95. The molecule has 0 saturated carbocycles. The molecule has 1 aromatic heterocycles. The second-order valence-electron chi connectivity index (χ2n) is 5.73. The Kier molecular flexibility index (Phi) is 4.41. The number of sulfonamides is 1. The van der Waals surface area contributed by atoms with E-state index < -0.39 is 21.4 Å². The highest BCUT2D eigenvalue weighted by Gasteiger charge is 2.50. The predicted molar refractivity (Wildman–Crippen MR) is 82.3 cm³/mol. The maximum Gasteiger partial charge on any atom is 0.311 e. The molecule has 1 aliphatic heterocycles. The number of rotatable bonds is 4. The molecule has 0 spiro atoms. The van der Waals surface area contributed by atoms with E-state index in [-0.39, 0.29) is 23.2 Å². The molecule has 0 aromatic carbocycles. The maximum absolute atomic E-state index is 12.6. The summed E-state index contributed by atoms with van der Waals surface area (Å²) in [7, 11) is -3.67. The quantitative estimate of drug-likeness (QED) is 0.905. The highest BCUT2D eigenvalue weighted by atomic mass is 35.5. The number of thiophene rings is 1. The van der Waals surface area contributed by atoms with E-state index in [9.17, 15) is 18.3 Å². The number of nitrogens with zero attached hydrogens (tertiary/aromatic N) is 1. The number of hydrogen-bond acceptors (Lipinski definition) is 4. The van der Waals surface area contributed by atoms with Crippen LogP contribution in [0, 0.1) is 18.3 Å². The summed E-state index contributed by atoms with van der Waals surface area (Å²) in [5.41, 5.74) is -0.295. The highest BCUT2D eigenvalue weighted by Crippen LogP contribution is 2.41. The average Bonchev–Trinajstić information content (AvgIpc) is 2.96. The number of carbonyl (C=O) groups is 1. The van der Waals surface area contributed by atoms with E-state index in [1.54, 1.807) is 13.0 Å². The summed E-state index contributed by atoms with van der Waals surface area (Å²) in [5, 5.41) is 9.50. The molecule has 1 aliphatic rings. The molecular weight excluding hydrogens is 334 g/mol. The van der Waals surface area contributed by atoms with Crippen molar-refractivity contribution in [3.05, 3.63) is 16.0 Å². The molecule has 8 heteroatoms. The highest BCUT2D eigenvalue weighted by molar-refractivity contribution is 7.91. The third-order valence-corrected chi connectivity index (χ3v) is 8.08. The number of aryl methyl sites for hydroxylation is 1. The van der Waals surface area contributed by atoms with E-state index in [1.165, 1.54) is 4.31 Å². The van der Waals surface area contributed by atoms with Gasteiger partial charge in [-0.15, -0.1) is 11.3 Å². The van der Waals surface area contributed by atoms with Crippen molar-refractivity contribution in [3.8, 4) is 0 Å². The predicted octanol–water partition coefficient (Wildman–Crippen LogP) is 2.83. The molecule has 21 heavy (non-hydrogen) atoms. The van der Waals surface area contributed by atoms with Crippen molar-refractivity contribution in [1.29, 1.82) is 0 Å². The van der Waals surface area contributed by atoms with Gasteiger partial charge in [-0.3, -0.25) is 4.79 Å². The summed E-state index contributed by atoms with van der Waals surface area (Å²) in [6.07, 6.45) is 0.331. The van der Waals surface area contributed by atoms with Crippen molar-refractivity contribution >= 4 is 38.9 Å². The summed E-state index contributed by atoms with van der Waals surface area (Å²) in [6, 6.07) is 1.54. The average molecular weight is 352 g/mol. The first-order valence-corrected chi connectivity index (χ1v) is 9.24. The summed E-state index contributed by atoms with van der Waals surface area (Å²) in [5.74, 6) is -1.07. The van der Waals surface area contributed by atoms with Gasteiger partial charge in [0.15, 0.2) is 0 Å². The third-order valence-electron chi connectivity index (χ3n) is 4.23. The van der Waals surface area contributed by atoms with Crippen LogP contribution >= 0.6 is 22.9 Å². The molecule has 1 aromatic rings. The van der Waals surface area contributed by atoms with E-state index in [0.29, 0.717) is 16.3 Å². The van der Waals surface area contributed by atoms with Crippen LogP contribution in [0.25, 0.3) is 0 Å². The molecule has 1 fully saturated rings. The number of aliphatic carboxylic acids is 1. The monoisotopic (exact) mass is 351 g/mol. The van der Waals surface area contributed by atoms with Crippen LogP contribution in [-0.4, -0.2) is 36.9 Å². The third kappa shape index (κ3) is 2.72. The molecule has 1 saturated heterocycles. The lowest BCUT2D eigenvalue weighted by Crippen LogP contribution is -2.40. The van der Waals surface area contributed by atoms with Gasteiger partial charge < -0.3 is 5.11 Å². The molecule has 118 valence electrons. The first-order chi connectivity index (χ1) is 9.61. The molecule has 0 bridgehead atoms. The Morgan fingerprint density at radius 1 is 1.52 bits per heavy atom. The second-order valence-corrected chi connectivity index (χ2v) is 9.55. The zero-order chi connectivity index (χ0) is 16.0. The van der Waals surface area contributed by atoms with Crippen LogP contribution in [0.1, 0.15) is 25.8 Å². The zero-order valence-electron chi connectivity index (χ0n) is 12.1. The van der Waals surface area contributed by atoms with Gasteiger partial charge in [0.25, 0.3) is 10.0 Å². The second kappa shape index (κ2) is 5.53. The summed E-state index contributed by atoms with van der Waals surface area (Å²) in [6.45, 7) is 5.61. The minimum atomic E-state index is -3.67. The largest absolute Gasteiger partial charge is 0.481 e. The molecule has 5 nitrogen and oxygen atoms in total. The van der Waals surface area contributed by atoms with Gasteiger partial charge in [0.2, 0.25) is 0 Å². The molecule has 1 N–H and O–H groups in total. The van der Waals surface area contributed by atoms with E-state index in [0.717, 1.165) is 11.3 Å². The normalized spacial score (nSPS) is 23.9. The molecule has 0 amide bonds. The molecule has 1 unspecified atom stereocenters. The van der Waals surface area contributed by atoms with Crippen LogP contribution in [0.5, 0.6) is 0 Å². The SMILES string of the molecule is Cc1cc(S(=O)(=O)N2CCC(C(=O)O)(C(C)C)C2)sc1Cl. The zero-order valence-corrected chi connectivity index (χ0v) is 14.5. The van der Waals surface area contributed by atoms with Crippen molar-refractivity contribution in [3.63, 3.8) is 0 Å². The van der Waals surface area contributed by atoms with E-state index in [2.05, 4.69) is 0 Å². The van der Waals surface area contributed by atoms with E-state index in [1.807, 2.05) is 13.8 Å². The van der Waals surface area contributed by atoms with Crippen LogP contribution in [0.15, 0.2) is 10.3 Å². The Morgan fingerprint density at radius 3 is 2.52 bits per heavy atom. The molecular formula is C13H18ClNO4S2. The topological polar surface area (TPSA) is 74.7 Å². The van der Waals surface area contributed by atoms with Crippen molar-refractivity contribution in [2.75, 3.05) is 13.1 Å². The first kappa shape index (κ1) is 16.7. The van der Waals surface area contributed by atoms with Crippen LogP contribution in [0.4, 0.5) is 0 Å². The summed E-state index contributed by atoms with van der Waals surface area (Å²) >= 11 is 6.95. The number of carboxylic acids is 1. The fraction of sp³-hybridized carbons (Fsp3) is 0.615. The number of halogens is 1. The Bertz CT molecular complexity index is 648. The molecule has 1 atom stereocenters. The molecule has 2 rings (SSSR count).